The summed E-state index contributed by atoms with van der Waals surface area (Å²) in [6.45, 7) is 1.08. The summed E-state index contributed by atoms with van der Waals surface area (Å²) >= 11 is 11.5. The van der Waals surface area contributed by atoms with E-state index in [1.54, 1.807) is 0 Å². The SMILES string of the molecule is Cc1c(C(F)(F)F)nn(-c2c(Cl)cc(C(F)(F)F)cc2Cl)c1N. The van der Waals surface area contributed by atoms with Gasteiger partial charge in [-0.15, -0.1) is 0 Å². The Balaban J connectivity index is 2.69. The van der Waals surface area contributed by atoms with Gasteiger partial charge in [-0.3, -0.25) is 0 Å². The van der Waals surface area contributed by atoms with Gasteiger partial charge in [0.15, 0.2) is 5.69 Å². The minimum Gasteiger partial charge on any atom is -0.383 e. The van der Waals surface area contributed by atoms with E-state index in [0.717, 1.165) is 6.92 Å². The molecule has 0 saturated heterocycles. The molecule has 0 atom stereocenters. The molecule has 11 heteroatoms. The number of halogens is 8. The van der Waals surface area contributed by atoms with Gasteiger partial charge in [0.05, 0.1) is 15.6 Å². The molecule has 0 fully saturated rings. The van der Waals surface area contributed by atoms with Gasteiger partial charge >= 0.3 is 12.4 Å². The summed E-state index contributed by atoms with van der Waals surface area (Å²) in [5, 5.41) is 2.21. The van der Waals surface area contributed by atoms with Crippen LogP contribution >= 0.6 is 23.2 Å². The van der Waals surface area contributed by atoms with E-state index < -0.39 is 39.5 Å². The number of nitrogens with two attached hydrogens (primary N) is 1. The van der Waals surface area contributed by atoms with Crippen molar-refractivity contribution in [1.29, 1.82) is 0 Å². The fraction of sp³-hybridized carbons (Fsp3) is 0.250. The quantitative estimate of drug-likeness (QED) is 0.702. The summed E-state index contributed by atoms with van der Waals surface area (Å²) in [7, 11) is 0. The lowest BCUT2D eigenvalue weighted by atomic mass is 10.2. The first-order chi connectivity index (χ1) is 10.3. The number of aromatic nitrogens is 2. The summed E-state index contributed by atoms with van der Waals surface area (Å²) in [4.78, 5) is 0. The van der Waals surface area contributed by atoms with Crippen LogP contribution in [0.4, 0.5) is 32.2 Å². The van der Waals surface area contributed by atoms with E-state index in [-0.39, 0.29) is 11.3 Å². The van der Waals surface area contributed by atoms with Gasteiger partial charge in [-0.2, -0.15) is 31.4 Å². The summed E-state index contributed by atoms with van der Waals surface area (Å²) in [6, 6.07) is 1.07. The minimum absolute atomic E-state index is 0.363. The van der Waals surface area contributed by atoms with Gasteiger partial charge in [0, 0.05) is 5.56 Å². The second kappa shape index (κ2) is 5.48. The maximum Gasteiger partial charge on any atom is 0.435 e. The number of hydrogen-bond donors (Lipinski definition) is 1. The van der Waals surface area contributed by atoms with E-state index in [1.165, 1.54) is 0 Å². The molecule has 0 aliphatic carbocycles. The van der Waals surface area contributed by atoms with E-state index in [1.807, 2.05) is 0 Å². The molecule has 1 aromatic heterocycles. The third kappa shape index (κ3) is 3.20. The van der Waals surface area contributed by atoms with E-state index in [9.17, 15) is 26.3 Å². The number of nitrogens with zero attached hydrogens (tertiary/aromatic N) is 2. The Morgan fingerprint density at radius 3 is 1.83 bits per heavy atom. The summed E-state index contributed by atoms with van der Waals surface area (Å²) < 4.78 is 77.1. The van der Waals surface area contributed by atoms with Crippen LogP contribution in [0.5, 0.6) is 0 Å². The van der Waals surface area contributed by atoms with Crippen molar-refractivity contribution in [3.63, 3.8) is 0 Å². The van der Waals surface area contributed by atoms with Crippen LogP contribution in [-0.2, 0) is 12.4 Å². The molecule has 0 radical (unpaired) electrons. The molecule has 126 valence electrons. The predicted octanol–water partition coefficient (Wildman–Crippen LogP) is 5.11. The lowest BCUT2D eigenvalue weighted by molar-refractivity contribution is -0.141. The standard InChI is InChI=1S/C12H7Cl2F6N3/c1-4-9(12(18,19)20)22-23(10(4)21)8-6(13)2-5(3-7(8)14)11(15,16)17/h2-3H,21H2,1H3. The zero-order chi connectivity index (χ0) is 17.7. The topological polar surface area (TPSA) is 43.8 Å². The minimum atomic E-state index is -4.78. The molecule has 0 unspecified atom stereocenters. The number of anilines is 1. The molecular formula is C12H7Cl2F6N3. The molecule has 2 N–H and O–H groups in total. The van der Waals surface area contributed by atoms with Crippen LogP contribution in [0.3, 0.4) is 0 Å². The van der Waals surface area contributed by atoms with Gasteiger partial charge in [-0.1, -0.05) is 23.2 Å². The molecule has 1 aromatic carbocycles. The molecule has 0 amide bonds. The van der Waals surface area contributed by atoms with Crippen molar-refractivity contribution in [2.75, 3.05) is 5.73 Å². The van der Waals surface area contributed by atoms with Crippen LogP contribution in [0.1, 0.15) is 16.8 Å². The van der Waals surface area contributed by atoms with E-state index >= 15 is 0 Å². The molecule has 3 nitrogen and oxygen atoms in total. The Bertz CT molecular complexity index is 740. The van der Waals surface area contributed by atoms with Crippen LogP contribution in [0.25, 0.3) is 5.69 Å². The average Bonchev–Trinajstić information content (AvgIpc) is 2.65. The Kier molecular flexibility index (Phi) is 4.23. The summed E-state index contributed by atoms with van der Waals surface area (Å²) in [5.74, 6) is -0.430. The van der Waals surface area contributed by atoms with Crippen molar-refractivity contribution in [2.45, 2.75) is 19.3 Å². The summed E-state index contributed by atoms with van der Waals surface area (Å²) in [6.07, 6.45) is -9.50. The zero-order valence-corrected chi connectivity index (χ0v) is 12.7. The van der Waals surface area contributed by atoms with Crippen molar-refractivity contribution in [1.82, 2.24) is 9.78 Å². The van der Waals surface area contributed by atoms with Gasteiger partial charge < -0.3 is 5.73 Å². The van der Waals surface area contributed by atoms with Gasteiger partial charge in [-0.25, -0.2) is 4.68 Å². The van der Waals surface area contributed by atoms with Crippen molar-refractivity contribution in [3.05, 3.63) is 39.0 Å². The van der Waals surface area contributed by atoms with E-state index in [4.69, 9.17) is 28.9 Å². The molecule has 2 aromatic rings. The fourth-order valence-corrected chi connectivity index (χ4v) is 2.53. The normalized spacial score (nSPS) is 12.7. The van der Waals surface area contributed by atoms with Crippen molar-refractivity contribution >= 4 is 29.0 Å². The highest BCUT2D eigenvalue weighted by molar-refractivity contribution is 6.38. The molecule has 2 rings (SSSR count). The molecule has 0 aliphatic heterocycles. The average molecular weight is 378 g/mol. The van der Waals surface area contributed by atoms with Gasteiger partial charge in [0.2, 0.25) is 0 Å². The number of benzene rings is 1. The van der Waals surface area contributed by atoms with Crippen LogP contribution < -0.4 is 5.73 Å². The van der Waals surface area contributed by atoms with Crippen LogP contribution in [-0.4, -0.2) is 9.78 Å². The van der Waals surface area contributed by atoms with Crippen LogP contribution in [0.15, 0.2) is 12.1 Å². The summed E-state index contributed by atoms with van der Waals surface area (Å²) in [5.41, 5.74) is 2.39. The highest BCUT2D eigenvalue weighted by atomic mass is 35.5. The van der Waals surface area contributed by atoms with Crippen LogP contribution in [0.2, 0.25) is 10.0 Å². The van der Waals surface area contributed by atoms with E-state index in [2.05, 4.69) is 5.10 Å². The molecule has 0 bridgehead atoms. The molecule has 1 heterocycles. The Hall–Kier alpha value is -1.61. The van der Waals surface area contributed by atoms with Gasteiger partial charge in [0.1, 0.15) is 11.5 Å². The van der Waals surface area contributed by atoms with Crippen LogP contribution in [0, 0.1) is 6.92 Å². The number of nitrogen functional groups attached to an aromatic ring is 1. The largest absolute Gasteiger partial charge is 0.435 e. The maximum absolute atomic E-state index is 12.8. The first-order valence-electron chi connectivity index (χ1n) is 5.83. The monoisotopic (exact) mass is 377 g/mol. The smallest absolute Gasteiger partial charge is 0.383 e. The highest BCUT2D eigenvalue weighted by Crippen LogP contribution is 2.40. The first kappa shape index (κ1) is 17.7. The number of hydrogen-bond acceptors (Lipinski definition) is 2. The third-order valence-corrected chi connectivity index (χ3v) is 3.57. The lowest BCUT2D eigenvalue weighted by Crippen LogP contribution is -2.10. The third-order valence-electron chi connectivity index (χ3n) is 2.99. The van der Waals surface area contributed by atoms with Crippen molar-refractivity contribution in [2.24, 2.45) is 0 Å². The molecule has 0 spiro atoms. The lowest BCUT2D eigenvalue weighted by Gasteiger charge is -2.13. The van der Waals surface area contributed by atoms with E-state index in [0.29, 0.717) is 16.8 Å². The maximum atomic E-state index is 12.8. The van der Waals surface area contributed by atoms with Crippen molar-refractivity contribution in [3.8, 4) is 5.69 Å². The second-order valence-corrected chi connectivity index (χ2v) is 5.37. The zero-order valence-electron chi connectivity index (χ0n) is 11.2. The van der Waals surface area contributed by atoms with Gasteiger partial charge in [-0.05, 0) is 19.1 Å². The second-order valence-electron chi connectivity index (χ2n) is 4.55. The molecule has 0 saturated carbocycles. The fourth-order valence-electron chi connectivity index (χ4n) is 1.88. The highest BCUT2D eigenvalue weighted by Gasteiger charge is 2.38. The number of rotatable bonds is 1. The Morgan fingerprint density at radius 1 is 1.00 bits per heavy atom. The van der Waals surface area contributed by atoms with Gasteiger partial charge in [0.25, 0.3) is 0 Å². The number of alkyl halides is 6. The first-order valence-corrected chi connectivity index (χ1v) is 6.58. The molecular weight excluding hydrogens is 371 g/mol. The Morgan fingerprint density at radius 2 is 1.48 bits per heavy atom. The molecule has 0 aliphatic rings. The Labute approximate surface area is 135 Å². The van der Waals surface area contributed by atoms with Crippen molar-refractivity contribution < 1.29 is 26.3 Å². The predicted molar refractivity (Wildman–Crippen MR) is 72.7 cm³/mol. The molecule has 23 heavy (non-hydrogen) atoms.